The number of hydrogen-bond donors (Lipinski definition) is 1. The summed E-state index contributed by atoms with van der Waals surface area (Å²) < 4.78 is 0. The maximum absolute atomic E-state index is 3.35. The molecule has 1 N–H and O–H groups in total. The second kappa shape index (κ2) is 2.31. The Kier molecular flexibility index (Phi) is 1.69. The largest absolute Gasteiger partial charge is 0.310 e. The van der Waals surface area contributed by atoms with Crippen LogP contribution in [0.15, 0.2) is 11.6 Å². The molecule has 1 heteroatoms. The first-order valence-electron chi connectivity index (χ1n) is 3.20. The Hall–Kier alpha value is -0.300. The Morgan fingerprint density at radius 3 is 2.75 bits per heavy atom. The molecule has 0 aliphatic carbocycles. The van der Waals surface area contributed by atoms with Crippen molar-refractivity contribution >= 4 is 0 Å². The molecule has 1 unspecified atom stereocenters. The lowest BCUT2D eigenvalue weighted by Crippen LogP contribution is -2.16. The van der Waals surface area contributed by atoms with Crippen molar-refractivity contribution in [3.63, 3.8) is 0 Å². The summed E-state index contributed by atoms with van der Waals surface area (Å²) >= 11 is 0. The minimum Gasteiger partial charge on any atom is -0.310 e. The zero-order chi connectivity index (χ0) is 5.98. The fraction of sp³-hybridized carbons (Fsp3) is 0.714. The molecule has 46 valence electrons. The van der Waals surface area contributed by atoms with Crippen LogP contribution in [-0.2, 0) is 0 Å². The molecule has 1 heterocycles. The highest BCUT2D eigenvalue weighted by Crippen LogP contribution is 2.10. The van der Waals surface area contributed by atoms with E-state index in [0.29, 0.717) is 6.04 Å². The third-order valence-electron chi connectivity index (χ3n) is 1.65. The van der Waals surface area contributed by atoms with Crippen molar-refractivity contribution in [2.24, 2.45) is 0 Å². The maximum Gasteiger partial charge on any atom is 0.0167 e. The maximum atomic E-state index is 3.35. The summed E-state index contributed by atoms with van der Waals surface area (Å²) in [5, 5.41) is 3.35. The molecule has 1 aliphatic rings. The molecule has 8 heavy (non-hydrogen) atoms. The van der Waals surface area contributed by atoms with E-state index < -0.39 is 0 Å². The van der Waals surface area contributed by atoms with Gasteiger partial charge in [0.25, 0.3) is 0 Å². The summed E-state index contributed by atoms with van der Waals surface area (Å²) in [5.74, 6) is 0. The predicted octanol–water partition coefficient (Wildman–Crippen LogP) is 1.31. The molecule has 0 radical (unpaired) electrons. The second-order valence-electron chi connectivity index (χ2n) is 2.43. The van der Waals surface area contributed by atoms with E-state index >= 15 is 0 Å². The average molecular weight is 111 g/mol. The van der Waals surface area contributed by atoms with Crippen LogP contribution in [0.3, 0.4) is 0 Å². The van der Waals surface area contributed by atoms with Crippen LogP contribution in [0, 0.1) is 0 Å². The lowest BCUT2D eigenvalue weighted by atomic mass is 10.2. The summed E-state index contributed by atoms with van der Waals surface area (Å²) in [7, 11) is 0. The highest BCUT2D eigenvalue weighted by molar-refractivity contribution is 5.09. The molecule has 1 saturated heterocycles. The van der Waals surface area contributed by atoms with Gasteiger partial charge in [0.2, 0.25) is 0 Å². The molecule has 0 amide bonds. The standard InChI is InChI=1S/C7H13N/c1-3-7-4-6(2)8-5-7/h3,6,8H,4-5H2,1-2H3/b7-3+. The van der Waals surface area contributed by atoms with Gasteiger partial charge in [-0.15, -0.1) is 0 Å². The zero-order valence-corrected chi connectivity index (χ0v) is 5.57. The third-order valence-corrected chi connectivity index (χ3v) is 1.65. The molecule has 1 nitrogen and oxygen atoms in total. The van der Waals surface area contributed by atoms with Crippen LogP contribution in [0.25, 0.3) is 0 Å². The minimum absolute atomic E-state index is 0.709. The smallest absolute Gasteiger partial charge is 0.0167 e. The average Bonchev–Trinajstić information content (AvgIpc) is 2.14. The molecule has 0 bridgehead atoms. The van der Waals surface area contributed by atoms with Gasteiger partial charge in [0.1, 0.15) is 0 Å². The lowest BCUT2D eigenvalue weighted by molar-refractivity contribution is 0.667. The normalized spacial score (nSPS) is 34.2. The van der Waals surface area contributed by atoms with Gasteiger partial charge in [0.05, 0.1) is 0 Å². The van der Waals surface area contributed by atoms with E-state index in [1.54, 1.807) is 5.57 Å². The first kappa shape index (κ1) is 5.83. The number of allylic oxidation sites excluding steroid dienone is 1. The Morgan fingerprint density at radius 2 is 2.50 bits per heavy atom. The van der Waals surface area contributed by atoms with Gasteiger partial charge < -0.3 is 5.32 Å². The number of nitrogens with one attached hydrogen (secondary N) is 1. The third kappa shape index (κ3) is 1.10. The van der Waals surface area contributed by atoms with Gasteiger partial charge in [0.15, 0.2) is 0 Å². The van der Waals surface area contributed by atoms with Gasteiger partial charge in [-0.05, 0) is 20.3 Å². The van der Waals surface area contributed by atoms with Crippen molar-refractivity contribution < 1.29 is 0 Å². The summed E-state index contributed by atoms with van der Waals surface area (Å²) in [6, 6.07) is 0.709. The van der Waals surface area contributed by atoms with Crippen LogP contribution in [0.4, 0.5) is 0 Å². The predicted molar refractivity (Wildman–Crippen MR) is 35.8 cm³/mol. The van der Waals surface area contributed by atoms with Gasteiger partial charge in [-0.25, -0.2) is 0 Å². The van der Waals surface area contributed by atoms with E-state index in [1.807, 2.05) is 0 Å². The summed E-state index contributed by atoms with van der Waals surface area (Å²) in [4.78, 5) is 0. The van der Waals surface area contributed by atoms with Gasteiger partial charge in [-0.3, -0.25) is 0 Å². The fourth-order valence-electron chi connectivity index (χ4n) is 1.06. The Labute approximate surface area is 50.8 Å². The first-order valence-corrected chi connectivity index (χ1v) is 3.20. The quantitative estimate of drug-likeness (QED) is 0.465. The van der Waals surface area contributed by atoms with Crippen molar-refractivity contribution in [1.82, 2.24) is 5.32 Å². The van der Waals surface area contributed by atoms with Crippen LogP contribution in [0.5, 0.6) is 0 Å². The highest BCUT2D eigenvalue weighted by atomic mass is 14.9. The monoisotopic (exact) mass is 111 g/mol. The number of hydrogen-bond acceptors (Lipinski definition) is 1. The SMILES string of the molecule is C/C=C1/CNC(C)C1. The topological polar surface area (TPSA) is 12.0 Å². The molecule has 0 saturated carbocycles. The molecule has 0 aromatic heterocycles. The molecule has 0 aromatic carbocycles. The molecular weight excluding hydrogens is 98.1 g/mol. The zero-order valence-electron chi connectivity index (χ0n) is 5.57. The van der Waals surface area contributed by atoms with Crippen LogP contribution in [0.1, 0.15) is 20.3 Å². The Morgan fingerprint density at radius 1 is 1.75 bits per heavy atom. The van der Waals surface area contributed by atoms with Gasteiger partial charge in [0, 0.05) is 12.6 Å². The van der Waals surface area contributed by atoms with Crippen molar-refractivity contribution in [2.45, 2.75) is 26.3 Å². The van der Waals surface area contributed by atoms with E-state index in [1.165, 1.54) is 6.42 Å². The molecule has 0 spiro atoms. The van der Waals surface area contributed by atoms with Crippen LogP contribution >= 0.6 is 0 Å². The Balaban J connectivity index is 2.44. The first-order chi connectivity index (χ1) is 3.83. The molecule has 1 fully saturated rings. The van der Waals surface area contributed by atoms with Crippen LogP contribution in [0.2, 0.25) is 0 Å². The molecule has 1 atom stereocenters. The summed E-state index contributed by atoms with van der Waals surface area (Å²) in [6.45, 7) is 5.43. The molecular formula is C7H13N. The molecule has 0 aromatic rings. The van der Waals surface area contributed by atoms with Crippen LogP contribution < -0.4 is 5.32 Å². The van der Waals surface area contributed by atoms with Crippen molar-refractivity contribution in [3.05, 3.63) is 11.6 Å². The molecule has 1 rings (SSSR count). The summed E-state index contributed by atoms with van der Waals surface area (Å²) in [6.07, 6.45) is 3.45. The van der Waals surface area contributed by atoms with E-state index in [-0.39, 0.29) is 0 Å². The fourth-order valence-corrected chi connectivity index (χ4v) is 1.06. The van der Waals surface area contributed by atoms with E-state index in [2.05, 4.69) is 25.2 Å². The minimum atomic E-state index is 0.709. The Bertz CT molecular complexity index is 105. The highest BCUT2D eigenvalue weighted by Gasteiger charge is 2.11. The van der Waals surface area contributed by atoms with Gasteiger partial charge in [-0.1, -0.05) is 11.6 Å². The van der Waals surface area contributed by atoms with Crippen LogP contribution in [-0.4, -0.2) is 12.6 Å². The van der Waals surface area contributed by atoms with E-state index in [4.69, 9.17) is 0 Å². The van der Waals surface area contributed by atoms with E-state index in [0.717, 1.165) is 6.54 Å². The van der Waals surface area contributed by atoms with Crippen molar-refractivity contribution in [3.8, 4) is 0 Å². The second-order valence-corrected chi connectivity index (χ2v) is 2.43. The summed E-state index contributed by atoms with van der Waals surface area (Å²) in [5.41, 5.74) is 1.55. The van der Waals surface area contributed by atoms with Gasteiger partial charge >= 0.3 is 0 Å². The number of rotatable bonds is 0. The van der Waals surface area contributed by atoms with E-state index in [9.17, 15) is 0 Å². The van der Waals surface area contributed by atoms with Crippen molar-refractivity contribution in [1.29, 1.82) is 0 Å². The van der Waals surface area contributed by atoms with Gasteiger partial charge in [-0.2, -0.15) is 0 Å². The van der Waals surface area contributed by atoms with Crippen molar-refractivity contribution in [2.75, 3.05) is 6.54 Å². The molecule has 1 aliphatic heterocycles. The lowest BCUT2D eigenvalue weighted by Gasteiger charge is -1.94.